The second kappa shape index (κ2) is 4.79. The van der Waals surface area contributed by atoms with Gasteiger partial charge >= 0.3 is 0 Å². The standard InChI is InChI=1S/C14H16N2/c1-11(2)14-10-13(8-9-15-14)16-12-6-4-3-5-7-12/h3-11H,1-2H3,(H,15,16). The van der Waals surface area contributed by atoms with Crippen molar-refractivity contribution in [1.29, 1.82) is 0 Å². The van der Waals surface area contributed by atoms with Crippen molar-refractivity contribution in [2.45, 2.75) is 19.8 Å². The van der Waals surface area contributed by atoms with E-state index in [2.05, 4.69) is 42.3 Å². The Morgan fingerprint density at radius 2 is 1.75 bits per heavy atom. The average molecular weight is 212 g/mol. The summed E-state index contributed by atoms with van der Waals surface area (Å²) in [6, 6.07) is 14.2. The van der Waals surface area contributed by atoms with E-state index in [9.17, 15) is 0 Å². The first-order valence-electron chi connectivity index (χ1n) is 5.54. The zero-order chi connectivity index (χ0) is 11.4. The van der Waals surface area contributed by atoms with Crippen molar-refractivity contribution >= 4 is 11.4 Å². The molecule has 0 radical (unpaired) electrons. The lowest BCUT2D eigenvalue weighted by Crippen LogP contribution is -1.95. The molecule has 0 fully saturated rings. The van der Waals surface area contributed by atoms with Crippen molar-refractivity contribution in [3.8, 4) is 0 Å². The van der Waals surface area contributed by atoms with Gasteiger partial charge in [0.15, 0.2) is 0 Å². The molecule has 0 aliphatic rings. The first kappa shape index (κ1) is 10.7. The van der Waals surface area contributed by atoms with Gasteiger partial charge in [0, 0.05) is 23.3 Å². The van der Waals surface area contributed by atoms with Crippen molar-refractivity contribution in [3.05, 3.63) is 54.4 Å². The molecular formula is C14H16N2. The predicted octanol–water partition coefficient (Wildman–Crippen LogP) is 3.95. The minimum atomic E-state index is 0.456. The lowest BCUT2D eigenvalue weighted by atomic mass is 10.1. The van der Waals surface area contributed by atoms with Crippen LogP contribution in [0.2, 0.25) is 0 Å². The summed E-state index contributed by atoms with van der Waals surface area (Å²) in [6.45, 7) is 4.29. The summed E-state index contributed by atoms with van der Waals surface area (Å²) in [7, 11) is 0. The van der Waals surface area contributed by atoms with Crippen LogP contribution in [0.15, 0.2) is 48.7 Å². The van der Waals surface area contributed by atoms with Crippen LogP contribution in [0, 0.1) is 0 Å². The van der Waals surface area contributed by atoms with Gasteiger partial charge in [-0.15, -0.1) is 0 Å². The van der Waals surface area contributed by atoms with Gasteiger partial charge < -0.3 is 5.32 Å². The Bertz CT molecular complexity index is 449. The quantitative estimate of drug-likeness (QED) is 0.833. The Labute approximate surface area is 96.4 Å². The van der Waals surface area contributed by atoms with Crippen LogP contribution in [-0.4, -0.2) is 4.98 Å². The number of hydrogen-bond donors (Lipinski definition) is 1. The highest BCUT2D eigenvalue weighted by molar-refractivity contribution is 5.59. The number of benzene rings is 1. The highest BCUT2D eigenvalue weighted by Crippen LogP contribution is 2.19. The lowest BCUT2D eigenvalue weighted by Gasteiger charge is -2.09. The first-order valence-corrected chi connectivity index (χ1v) is 5.54. The summed E-state index contributed by atoms with van der Waals surface area (Å²) in [5, 5.41) is 3.36. The van der Waals surface area contributed by atoms with Crippen molar-refractivity contribution in [1.82, 2.24) is 4.98 Å². The molecule has 0 saturated heterocycles. The monoisotopic (exact) mass is 212 g/mol. The molecule has 82 valence electrons. The third-order valence-electron chi connectivity index (χ3n) is 2.44. The summed E-state index contributed by atoms with van der Waals surface area (Å²) < 4.78 is 0. The van der Waals surface area contributed by atoms with Crippen LogP contribution in [0.25, 0.3) is 0 Å². The van der Waals surface area contributed by atoms with Gasteiger partial charge in [-0.25, -0.2) is 0 Å². The van der Waals surface area contributed by atoms with E-state index < -0.39 is 0 Å². The van der Waals surface area contributed by atoms with E-state index in [0.717, 1.165) is 17.1 Å². The zero-order valence-corrected chi connectivity index (χ0v) is 9.64. The van der Waals surface area contributed by atoms with E-state index in [0.29, 0.717) is 5.92 Å². The molecule has 0 aliphatic heterocycles. The Morgan fingerprint density at radius 1 is 1.00 bits per heavy atom. The summed E-state index contributed by atoms with van der Waals surface area (Å²) in [5.74, 6) is 0.456. The number of pyridine rings is 1. The Balaban J connectivity index is 2.19. The average Bonchev–Trinajstić information content (AvgIpc) is 2.30. The second-order valence-corrected chi connectivity index (χ2v) is 4.12. The van der Waals surface area contributed by atoms with Crippen LogP contribution in [0.1, 0.15) is 25.5 Å². The van der Waals surface area contributed by atoms with Gasteiger partial charge in [-0.2, -0.15) is 0 Å². The number of para-hydroxylation sites is 1. The van der Waals surface area contributed by atoms with Crippen LogP contribution < -0.4 is 5.32 Å². The van der Waals surface area contributed by atoms with Gasteiger partial charge in [-0.05, 0) is 30.2 Å². The van der Waals surface area contributed by atoms with Gasteiger partial charge in [0.2, 0.25) is 0 Å². The normalized spacial score (nSPS) is 10.4. The molecule has 1 aromatic heterocycles. The van der Waals surface area contributed by atoms with Gasteiger partial charge in [0.05, 0.1) is 0 Å². The largest absolute Gasteiger partial charge is 0.355 e. The highest BCUT2D eigenvalue weighted by Gasteiger charge is 2.01. The van der Waals surface area contributed by atoms with Gasteiger partial charge in [-0.1, -0.05) is 32.0 Å². The molecule has 1 N–H and O–H groups in total. The maximum absolute atomic E-state index is 4.34. The molecule has 0 bridgehead atoms. The van der Waals surface area contributed by atoms with Gasteiger partial charge in [0.25, 0.3) is 0 Å². The van der Waals surface area contributed by atoms with Crippen LogP contribution in [-0.2, 0) is 0 Å². The number of hydrogen-bond acceptors (Lipinski definition) is 2. The predicted molar refractivity (Wildman–Crippen MR) is 68.1 cm³/mol. The minimum absolute atomic E-state index is 0.456. The number of nitrogens with zero attached hydrogens (tertiary/aromatic N) is 1. The summed E-state index contributed by atoms with van der Waals surface area (Å²) in [4.78, 5) is 4.34. The molecule has 2 heteroatoms. The fraction of sp³-hybridized carbons (Fsp3) is 0.214. The molecule has 2 aromatic rings. The molecule has 1 heterocycles. The SMILES string of the molecule is CC(C)c1cc(Nc2ccccc2)ccn1. The topological polar surface area (TPSA) is 24.9 Å². The Hall–Kier alpha value is -1.83. The molecule has 2 rings (SSSR count). The molecule has 0 aliphatic carbocycles. The van der Waals surface area contributed by atoms with Crippen LogP contribution in [0.5, 0.6) is 0 Å². The molecular weight excluding hydrogens is 196 g/mol. The molecule has 0 unspecified atom stereocenters. The molecule has 1 aromatic carbocycles. The molecule has 0 spiro atoms. The van der Waals surface area contributed by atoms with Crippen molar-refractivity contribution in [2.24, 2.45) is 0 Å². The van der Waals surface area contributed by atoms with E-state index in [1.807, 2.05) is 30.5 Å². The molecule has 0 saturated carbocycles. The summed E-state index contributed by atoms with van der Waals surface area (Å²) in [6.07, 6.45) is 1.85. The Kier molecular flexibility index (Phi) is 3.20. The lowest BCUT2D eigenvalue weighted by molar-refractivity contribution is 0.823. The Morgan fingerprint density at radius 3 is 2.44 bits per heavy atom. The van der Waals surface area contributed by atoms with Crippen LogP contribution in [0.4, 0.5) is 11.4 Å². The number of aromatic nitrogens is 1. The number of anilines is 2. The van der Waals surface area contributed by atoms with Crippen LogP contribution >= 0.6 is 0 Å². The molecule has 0 atom stereocenters. The fourth-order valence-corrected chi connectivity index (χ4v) is 1.53. The van der Waals surface area contributed by atoms with E-state index in [4.69, 9.17) is 0 Å². The maximum Gasteiger partial charge on any atom is 0.0449 e. The highest BCUT2D eigenvalue weighted by atomic mass is 14.9. The van der Waals surface area contributed by atoms with Gasteiger partial charge in [-0.3, -0.25) is 4.98 Å². The molecule has 0 amide bonds. The molecule has 16 heavy (non-hydrogen) atoms. The number of rotatable bonds is 3. The van der Waals surface area contributed by atoms with Crippen molar-refractivity contribution < 1.29 is 0 Å². The first-order chi connectivity index (χ1) is 7.75. The smallest absolute Gasteiger partial charge is 0.0449 e. The third kappa shape index (κ3) is 2.60. The second-order valence-electron chi connectivity index (χ2n) is 4.12. The van der Waals surface area contributed by atoms with Gasteiger partial charge in [0.1, 0.15) is 0 Å². The van der Waals surface area contributed by atoms with E-state index in [-0.39, 0.29) is 0 Å². The van der Waals surface area contributed by atoms with Crippen molar-refractivity contribution in [2.75, 3.05) is 5.32 Å². The van der Waals surface area contributed by atoms with E-state index >= 15 is 0 Å². The van der Waals surface area contributed by atoms with E-state index in [1.54, 1.807) is 0 Å². The maximum atomic E-state index is 4.34. The fourth-order valence-electron chi connectivity index (χ4n) is 1.53. The third-order valence-corrected chi connectivity index (χ3v) is 2.44. The van der Waals surface area contributed by atoms with E-state index in [1.165, 1.54) is 0 Å². The zero-order valence-electron chi connectivity index (χ0n) is 9.64. The summed E-state index contributed by atoms with van der Waals surface area (Å²) in [5.41, 5.74) is 3.30. The number of nitrogens with one attached hydrogen (secondary N) is 1. The van der Waals surface area contributed by atoms with Crippen LogP contribution in [0.3, 0.4) is 0 Å². The minimum Gasteiger partial charge on any atom is -0.355 e. The summed E-state index contributed by atoms with van der Waals surface area (Å²) >= 11 is 0. The molecule has 2 nitrogen and oxygen atoms in total. The van der Waals surface area contributed by atoms with Crippen molar-refractivity contribution in [3.63, 3.8) is 0 Å².